The lowest BCUT2D eigenvalue weighted by Gasteiger charge is -2.36. The maximum atomic E-state index is 14.4. The number of nitrogens with one attached hydrogen (secondary N) is 5. The van der Waals surface area contributed by atoms with Crippen LogP contribution in [0.3, 0.4) is 0 Å². The molecule has 1 saturated carbocycles. The second kappa shape index (κ2) is 17.1. The third-order valence-electron chi connectivity index (χ3n) is 14.0. The highest BCUT2D eigenvalue weighted by molar-refractivity contribution is 6.04. The molecule has 4 aliphatic rings. The van der Waals surface area contributed by atoms with Crippen LogP contribution in [-0.4, -0.2) is 88.8 Å². The summed E-state index contributed by atoms with van der Waals surface area (Å²) in [5, 5.41) is 17.3. The molecule has 1 unspecified atom stereocenters. The van der Waals surface area contributed by atoms with Crippen LogP contribution in [0.4, 0.5) is 21.0 Å². The number of imidazole rings is 1. The summed E-state index contributed by atoms with van der Waals surface area (Å²) in [4.78, 5) is 65.0. The predicted octanol–water partition coefficient (Wildman–Crippen LogP) is 8.73. The molecule has 3 fully saturated rings. The number of rotatable bonds is 10. The van der Waals surface area contributed by atoms with Gasteiger partial charge in [0.05, 0.1) is 49.6 Å². The molecule has 5 aromatic carbocycles. The number of anilines is 2. The molecule has 0 radical (unpaired) electrons. The SMILES string of the molecule is COC(=O)N[C@H](C(=O)N1CCC[C@H]1C1Nc2ccc3cc(-c4ccc5cc(-c6cnc([C@@H]7[C@H]8CC[C@H](C8)N7C(=O)[C@H](NC(=O)OC)c7ccccc7)[nH]6)ccc5c4)ccc3c2N1)C(C)C. The highest BCUT2D eigenvalue weighted by Crippen LogP contribution is 2.51. The van der Waals surface area contributed by atoms with Gasteiger partial charge in [0.1, 0.15) is 24.1 Å². The zero-order chi connectivity index (χ0) is 44.9. The minimum Gasteiger partial charge on any atom is -0.453 e. The molecule has 1 aromatic heterocycles. The van der Waals surface area contributed by atoms with Crippen LogP contribution < -0.4 is 21.3 Å². The number of nitrogens with zero attached hydrogens (tertiary/aromatic N) is 3. The third-order valence-corrected chi connectivity index (χ3v) is 14.0. The average molecular weight is 875 g/mol. The number of likely N-dealkylation sites (tertiary alicyclic amines) is 2. The fourth-order valence-electron chi connectivity index (χ4n) is 10.8. The molecule has 6 aromatic rings. The van der Waals surface area contributed by atoms with Gasteiger partial charge >= 0.3 is 12.2 Å². The average Bonchev–Trinajstić information content (AvgIpc) is 4.20. The van der Waals surface area contributed by atoms with Gasteiger partial charge in [-0.15, -0.1) is 0 Å². The molecular weight excluding hydrogens is 821 g/mol. The van der Waals surface area contributed by atoms with Crippen molar-refractivity contribution in [1.82, 2.24) is 30.4 Å². The highest BCUT2D eigenvalue weighted by Gasteiger charge is 2.51. The maximum Gasteiger partial charge on any atom is 0.407 e. The fraction of sp³-hybridized carbons (Fsp3) is 0.353. The maximum absolute atomic E-state index is 14.4. The first kappa shape index (κ1) is 41.9. The van der Waals surface area contributed by atoms with Crippen molar-refractivity contribution in [2.24, 2.45) is 11.8 Å². The topological polar surface area (TPSA) is 170 Å². The Hall–Kier alpha value is -7.09. The number of hydrogen-bond donors (Lipinski definition) is 5. The van der Waals surface area contributed by atoms with Crippen LogP contribution in [0.1, 0.15) is 69.4 Å². The lowest BCUT2D eigenvalue weighted by atomic mass is 9.96. The number of aromatic nitrogens is 2. The lowest BCUT2D eigenvalue weighted by Crippen LogP contribution is -2.56. The summed E-state index contributed by atoms with van der Waals surface area (Å²) in [5.41, 5.74) is 6.82. The summed E-state index contributed by atoms with van der Waals surface area (Å²) in [6, 6.07) is 31.3. The number of carbonyl (C=O) groups is 4. The molecule has 0 spiro atoms. The molecule has 2 saturated heterocycles. The van der Waals surface area contributed by atoms with Gasteiger partial charge in [-0.05, 0) is 101 Å². The molecule has 4 amide bonds. The van der Waals surface area contributed by atoms with Crippen LogP contribution in [-0.2, 0) is 19.1 Å². The van der Waals surface area contributed by atoms with E-state index in [-0.39, 0.29) is 47.9 Å². The number of carbonyl (C=O) groups excluding carboxylic acids is 4. The van der Waals surface area contributed by atoms with Crippen LogP contribution in [0.15, 0.2) is 103 Å². The first-order chi connectivity index (χ1) is 31.6. The minimum absolute atomic E-state index is 0.0745. The Balaban J connectivity index is 0.853. The molecule has 10 rings (SSSR count). The smallest absolute Gasteiger partial charge is 0.407 e. The monoisotopic (exact) mass is 874 g/mol. The van der Waals surface area contributed by atoms with E-state index < -0.39 is 24.3 Å². The van der Waals surface area contributed by atoms with Crippen LogP contribution in [0.5, 0.6) is 0 Å². The zero-order valence-electron chi connectivity index (χ0n) is 37.0. The number of benzene rings is 5. The van der Waals surface area contributed by atoms with E-state index in [0.717, 1.165) is 93.2 Å². The van der Waals surface area contributed by atoms with E-state index in [4.69, 9.17) is 14.5 Å². The highest BCUT2D eigenvalue weighted by atomic mass is 16.5. The summed E-state index contributed by atoms with van der Waals surface area (Å²) in [6.07, 6.45) is 5.00. The molecule has 2 bridgehead atoms. The number of hydrogen-bond acceptors (Lipinski definition) is 9. The van der Waals surface area contributed by atoms with E-state index in [1.165, 1.54) is 14.2 Å². The predicted molar refractivity (Wildman–Crippen MR) is 250 cm³/mol. The van der Waals surface area contributed by atoms with Crippen LogP contribution in [0.25, 0.3) is 43.9 Å². The Bertz CT molecular complexity index is 2810. The molecule has 1 aliphatic carbocycles. The summed E-state index contributed by atoms with van der Waals surface area (Å²) in [7, 11) is 2.61. The summed E-state index contributed by atoms with van der Waals surface area (Å²) in [5.74, 6) is 0.677. The quantitative estimate of drug-likeness (QED) is 0.0904. The van der Waals surface area contributed by atoms with Gasteiger partial charge in [-0.25, -0.2) is 14.6 Å². The number of methoxy groups -OCH3 is 2. The van der Waals surface area contributed by atoms with Crippen LogP contribution >= 0.6 is 0 Å². The van der Waals surface area contributed by atoms with E-state index in [1.54, 1.807) is 0 Å². The largest absolute Gasteiger partial charge is 0.453 e. The molecule has 3 aliphatic heterocycles. The summed E-state index contributed by atoms with van der Waals surface area (Å²) in [6.45, 7) is 4.48. The number of aromatic amines is 1. The Morgan fingerprint density at radius 3 is 2.20 bits per heavy atom. The van der Waals surface area contributed by atoms with Crippen molar-refractivity contribution >= 4 is 56.9 Å². The van der Waals surface area contributed by atoms with E-state index >= 15 is 0 Å². The van der Waals surface area contributed by atoms with E-state index in [9.17, 15) is 19.2 Å². The number of ether oxygens (including phenoxy) is 2. The molecule has 14 nitrogen and oxygen atoms in total. The number of amides is 4. The molecular formula is C51H54N8O6. The van der Waals surface area contributed by atoms with Gasteiger partial charge in [-0.3, -0.25) is 9.59 Å². The normalized spacial score (nSPS) is 21.8. The second-order valence-corrected chi connectivity index (χ2v) is 18.1. The van der Waals surface area contributed by atoms with E-state index in [0.29, 0.717) is 12.1 Å². The summed E-state index contributed by atoms with van der Waals surface area (Å²) >= 11 is 0. The Kier molecular flexibility index (Phi) is 11.0. The van der Waals surface area contributed by atoms with Crippen molar-refractivity contribution in [3.63, 3.8) is 0 Å². The third kappa shape index (κ3) is 7.74. The van der Waals surface area contributed by atoms with E-state index in [1.807, 2.05) is 60.2 Å². The van der Waals surface area contributed by atoms with Crippen molar-refractivity contribution in [2.45, 2.75) is 82.3 Å². The van der Waals surface area contributed by atoms with Gasteiger partial charge in [0.25, 0.3) is 5.91 Å². The van der Waals surface area contributed by atoms with Gasteiger partial charge in [-0.1, -0.05) is 86.6 Å². The Morgan fingerprint density at radius 1 is 0.754 bits per heavy atom. The number of H-pyrrole nitrogens is 1. The molecule has 5 N–H and O–H groups in total. The van der Waals surface area contributed by atoms with Gasteiger partial charge in [0.2, 0.25) is 5.91 Å². The number of alkyl carbamates (subject to hydrolysis) is 2. The second-order valence-electron chi connectivity index (χ2n) is 18.1. The standard InChI is InChI=1S/C51H54N8O6/c1-28(2)42(56-50(62)64-3)48(60)58-22-8-11-41(58)46-53-39-21-18-34-24-33(17-20-38(34)44(39)55-46)30-12-13-32-25-35(15-14-31(32)23-30)40-27-52-47(54-40)45-36-16-19-37(26-36)59(45)49(61)43(57-51(63)65-4)29-9-6-5-7-10-29/h5-7,9-10,12-15,17-18,20-21,23-25,27-28,36-37,41-43,45-46,53,55H,8,11,16,19,22,26H2,1-4H3,(H,52,54)(H,56,62)(H,57,63)/t36-,37+,41-,42-,43+,45-,46?/m0/s1. The van der Waals surface area contributed by atoms with Gasteiger partial charge in [0, 0.05) is 23.5 Å². The number of fused-ring (bicyclic) bond motifs is 6. The van der Waals surface area contributed by atoms with Crippen LogP contribution in [0, 0.1) is 11.8 Å². The van der Waals surface area contributed by atoms with Crippen LogP contribution in [0.2, 0.25) is 0 Å². The lowest BCUT2D eigenvalue weighted by molar-refractivity contribution is -0.138. The van der Waals surface area contributed by atoms with Crippen molar-refractivity contribution in [2.75, 3.05) is 31.4 Å². The minimum atomic E-state index is -0.876. The van der Waals surface area contributed by atoms with Crippen molar-refractivity contribution in [3.05, 3.63) is 115 Å². The van der Waals surface area contributed by atoms with Crippen molar-refractivity contribution in [3.8, 4) is 22.4 Å². The van der Waals surface area contributed by atoms with Gasteiger partial charge < -0.3 is 45.5 Å². The molecule has 7 atom stereocenters. The van der Waals surface area contributed by atoms with Crippen molar-refractivity contribution in [1.29, 1.82) is 0 Å². The summed E-state index contributed by atoms with van der Waals surface area (Å²) < 4.78 is 9.72. The molecule has 334 valence electrons. The first-order valence-corrected chi connectivity index (χ1v) is 22.6. The zero-order valence-corrected chi connectivity index (χ0v) is 37.0. The Labute approximate surface area is 377 Å². The van der Waals surface area contributed by atoms with E-state index in [2.05, 4.69) is 93.0 Å². The molecule has 65 heavy (non-hydrogen) atoms. The van der Waals surface area contributed by atoms with Gasteiger partial charge in [-0.2, -0.15) is 0 Å². The Morgan fingerprint density at radius 2 is 1.45 bits per heavy atom. The molecule has 14 heteroatoms. The van der Waals surface area contributed by atoms with Crippen molar-refractivity contribution < 1.29 is 28.7 Å². The van der Waals surface area contributed by atoms with Gasteiger partial charge in [0.15, 0.2) is 0 Å². The fourth-order valence-corrected chi connectivity index (χ4v) is 10.8. The number of piperidine rings is 1. The first-order valence-electron chi connectivity index (χ1n) is 22.6. The molecule has 4 heterocycles.